The van der Waals surface area contributed by atoms with Gasteiger partial charge in [-0.25, -0.2) is 13.2 Å². The lowest BCUT2D eigenvalue weighted by Gasteiger charge is -2.33. The van der Waals surface area contributed by atoms with Crippen LogP contribution >= 0.6 is 0 Å². The van der Waals surface area contributed by atoms with E-state index in [2.05, 4.69) is 15.6 Å². The zero-order valence-electron chi connectivity index (χ0n) is 18.4. The third-order valence-electron chi connectivity index (χ3n) is 6.08. The molecule has 0 aliphatic carbocycles. The number of rotatable bonds is 6. The van der Waals surface area contributed by atoms with Crippen LogP contribution in [-0.4, -0.2) is 60.7 Å². The summed E-state index contributed by atoms with van der Waals surface area (Å²) in [5, 5.41) is 5.42. The van der Waals surface area contributed by atoms with E-state index in [-0.39, 0.29) is 30.7 Å². The molecule has 2 fully saturated rings. The van der Waals surface area contributed by atoms with Gasteiger partial charge in [-0.3, -0.25) is 9.78 Å². The summed E-state index contributed by atoms with van der Waals surface area (Å²) in [6.07, 6.45) is 6.75. The number of hydrogen-bond donors (Lipinski definition) is 2. The number of benzene rings is 1. The standard InChI is InChI=1S/C23H29N5O4S.CH4/c29-22(27-12-1-2-13-27)19-6-4-14-28(17-19)33(31,32)21-9-7-20(8-10-21)26-23(30)25-16-18-5-3-11-24-15-18;/h3,5,7-11,15,19H,1-2,4,6,12-14,16-17H2,(H2,25,26,30);1H4/t19-;/m0./s1. The second-order valence-corrected chi connectivity index (χ2v) is 10.4. The highest BCUT2D eigenvalue weighted by atomic mass is 32.2. The van der Waals surface area contributed by atoms with Gasteiger partial charge >= 0.3 is 6.03 Å². The summed E-state index contributed by atoms with van der Waals surface area (Å²) in [5.41, 5.74) is 1.36. The number of sulfonamides is 1. The van der Waals surface area contributed by atoms with Gasteiger partial charge in [0.2, 0.25) is 15.9 Å². The van der Waals surface area contributed by atoms with Crippen molar-refractivity contribution in [2.24, 2.45) is 5.92 Å². The van der Waals surface area contributed by atoms with Crippen molar-refractivity contribution >= 4 is 27.6 Å². The van der Waals surface area contributed by atoms with Gasteiger partial charge in [-0.05, 0) is 61.6 Å². The predicted molar refractivity (Wildman–Crippen MR) is 131 cm³/mol. The fourth-order valence-electron chi connectivity index (χ4n) is 4.28. The molecule has 2 N–H and O–H groups in total. The summed E-state index contributed by atoms with van der Waals surface area (Å²) in [4.78, 5) is 30.9. The lowest BCUT2D eigenvalue weighted by Crippen LogP contribution is -2.46. The van der Waals surface area contributed by atoms with Gasteiger partial charge in [0.1, 0.15) is 0 Å². The number of urea groups is 1. The molecular weight excluding hydrogens is 454 g/mol. The Morgan fingerprint density at radius 2 is 1.76 bits per heavy atom. The summed E-state index contributed by atoms with van der Waals surface area (Å²) in [6.45, 7) is 2.49. The molecule has 1 aromatic heterocycles. The number of likely N-dealkylation sites (tertiary alicyclic amines) is 1. The predicted octanol–water partition coefficient (Wildman–Crippen LogP) is 3.06. The van der Waals surface area contributed by atoms with Crippen molar-refractivity contribution in [2.45, 2.75) is 44.6 Å². The van der Waals surface area contributed by atoms with Crippen LogP contribution in [0.15, 0.2) is 53.7 Å². The van der Waals surface area contributed by atoms with E-state index in [0.717, 1.165) is 37.9 Å². The van der Waals surface area contributed by atoms with Crippen LogP contribution in [0.1, 0.15) is 38.7 Å². The zero-order chi connectivity index (χ0) is 23.3. The number of nitrogens with one attached hydrogen (secondary N) is 2. The van der Waals surface area contributed by atoms with Crippen LogP contribution in [0.3, 0.4) is 0 Å². The van der Waals surface area contributed by atoms with Gasteiger partial charge in [0, 0.05) is 50.8 Å². The molecule has 2 aliphatic heterocycles. The number of piperidine rings is 1. The maximum Gasteiger partial charge on any atom is 0.319 e. The van der Waals surface area contributed by atoms with Crippen molar-refractivity contribution in [3.05, 3.63) is 54.4 Å². The number of amides is 3. The van der Waals surface area contributed by atoms with Crippen molar-refractivity contribution in [1.82, 2.24) is 19.5 Å². The Hall–Kier alpha value is -2.98. The van der Waals surface area contributed by atoms with Crippen LogP contribution < -0.4 is 10.6 Å². The fraction of sp³-hybridized carbons (Fsp3) is 0.458. The van der Waals surface area contributed by atoms with Crippen LogP contribution in [-0.2, 0) is 21.4 Å². The number of pyridine rings is 1. The van der Waals surface area contributed by atoms with Crippen molar-refractivity contribution in [1.29, 1.82) is 0 Å². The van der Waals surface area contributed by atoms with E-state index in [1.54, 1.807) is 30.6 Å². The average molecular weight is 488 g/mol. The van der Waals surface area contributed by atoms with Crippen molar-refractivity contribution in [2.75, 3.05) is 31.5 Å². The van der Waals surface area contributed by atoms with E-state index in [1.165, 1.54) is 16.4 Å². The molecule has 2 aromatic rings. The Morgan fingerprint density at radius 1 is 1.03 bits per heavy atom. The van der Waals surface area contributed by atoms with Crippen molar-refractivity contribution in [3.8, 4) is 0 Å². The van der Waals surface area contributed by atoms with E-state index in [9.17, 15) is 18.0 Å². The second kappa shape index (κ2) is 11.4. The number of nitrogens with zero attached hydrogens (tertiary/aromatic N) is 3. The molecule has 0 bridgehead atoms. The number of anilines is 1. The summed E-state index contributed by atoms with van der Waals surface area (Å²) in [5.74, 6) is -0.208. The van der Waals surface area contributed by atoms with Crippen LogP contribution in [0.2, 0.25) is 0 Å². The average Bonchev–Trinajstić information content (AvgIpc) is 3.38. The fourth-order valence-corrected chi connectivity index (χ4v) is 5.80. The molecule has 1 atom stereocenters. The smallest absolute Gasteiger partial charge is 0.319 e. The van der Waals surface area contributed by atoms with Crippen LogP contribution in [0.25, 0.3) is 0 Å². The van der Waals surface area contributed by atoms with Gasteiger partial charge in [-0.15, -0.1) is 0 Å². The van der Waals surface area contributed by atoms with Gasteiger partial charge in [0.15, 0.2) is 0 Å². The van der Waals surface area contributed by atoms with E-state index in [4.69, 9.17) is 0 Å². The molecule has 9 nitrogen and oxygen atoms in total. The molecule has 0 radical (unpaired) electrons. The van der Waals surface area contributed by atoms with Crippen LogP contribution in [0.4, 0.5) is 10.5 Å². The highest BCUT2D eigenvalue weighted by molar-refractivity contribution is 7.89. The van der Waals surface area contributed by atoms with E-state index in [0.29, 0.717) is 25.2 Å². The van der Waals surface area contributed by atoms with E-state index < -0.39 is 16.1 Å². The first kappa shape index (κ1) is 25.6. The topological polar surface area (TPSA) is 112 Å². The van der Waals surface area contributed by atoms with Gasteiger partial charge < -0.3 is 15.5 Å². The highest BCUT2D eigenvalue weighted by Gasteiger charge is 2.35. The summed E-state index contributed by atoms with van der Waals surface area (Å²) < 4.78 is 27.7. The minimum absolute atomic E-state index is 0. The normalized spacial score (nSPS) is 18.7. The molecule has 0 saturated carbocycles. The Kier molecular flexibility index (Phi) is 8.62. The Labute approximate surface area is 201 Å². The number of hydrogen-bond acceptors (Lipinski definition) is 5. The maximum atomic E-state index is 13.2. The Balaban J connectivity index is 0.00000324. The first-order valence-electron chi connectivity index (χ1n) is 11.3. The quantitative estimate of drug-likeness (QED) is 0.650. The van der Waals surface area contributed by atoms with Gasteiger partial charge in [0.05, 0.1) is 10.8 Å². The van der Waals surface area contributed by atoms with Gasteiger partial charge in [-0.1, -0.05) is 13.5 Å². The van der Waals surface area contributed by atoms with Crippen LogP contribution in [0, 0.1) is 5.92 Å². The molecule has 2 aliphatic rings. The minimum Gasteiger partial charge on any atom is -0.342 e. The molecule has 10 heteroatoms. The molecule has 4 rings (SSSR count). The highest BCUT2D eigenvalue weighted by Crippen LogP contribution is 2.26. The molecule has 2 saturated heterocycles. The zero-order valence-corrected chi connectivity index (χ0v) is 19.3. The summed E-state index contributed by atoms with van der Waals surface area (Å²) in [6, 6.07) is 9.35. The maximum absolute atomic E-state index is 13.2. The first-order chi connectivity index (χ1) is 15.9. The van der Waals surface area contributed by atoms with Gasteiger partial charge in [0.25, 0.3) is 0 Å². The monoisotopic (exact) mass is 487 g/mol. The lowest BCUT2D eigenvalue weighted by molar-refractivity contribution is -0.135. The summed E-state index contributed by atoms with van der Waals surface area (Å²) in [7, 11) is -3.72. The largest absolute Gasteiger partial charge is 0.342 e. The molecule has 3 amide bonds. The SMILES string of the molecule is C.O=C(NCc1cccnc1)Nc1ccc(S(=O)(=O)N2CCC[C@H](C(=O)N3CCCC3)C2)cc1. The Morgan fingerprint density at radius 3 is 2.44 bits per heavy atom. The molecule has 1 aromatic carbocycles. The van der Waals surface area contributed by atoms with Gasteiger partial charge in [-0.2, -0.15) is 4.31 Å². The third kappa shape index (κ3) is 6.12. The summed E-state index contributed by atoms with van der Waals surface area (Å²) >= 11 is 0. The molecule has 0 spiro atoms. The molecule has 34 heavy (non-hydrogen) atoms. The third-order valence-corrected chi connectivity index (χ3v) is 7.96. The van der Waals surface area contributed by atoms with E-state index in [1.807, 2.05) is 11.0 Å². The van der Waals surface area contributed by atoms with Crippen molar-refractivity contribution in [3.63, 3.8) is 0 Å². The minimum atomic E-state index is -3.72. The molecular formula is C24H33N5O4S. The first-order valence-corrected chi connectivity index (χ1v) is 12.7. The molecule has 0 unspecified atom stereocenters. The number of carbonyl (C=O) groups excluding carboxylic acids is 2. The number of carbonyl (C=O) groups is 2. The van der Waals surface area contributed by atoms with E-state index >= 15 is 0 Å². The lowest BCUT2D eigenvalue weighted by atomic mass is 9.98. The second-order valence-electron chi connectivity index (χ2n) is 8.43. The van der Waals surface area contributed by atoms with Crippen molar-refractivity contribution < 1.29 is 18.0 Å². The van der Waals surface area contributed by atoms with Crippen LogP contribution in [0.5, 0.6) is 0 Å². The molecule has 3 heterocycles. The molecule has 184 valence electrons. The number of aromatic nitrogens is 1. The Bertz CT molecular complexity index is 1070.